The maximum Gasteiger partial charge on any atom is 0.252 e. The summed E-state index contributed by atoms with van der Waals surface area (Å²) in [5, 5.41) is 7.16. The molecule has 6 nitrogen and oxygen atoms in total. The van der Waals surface area contributed by atoms with E-state index in [1.54, 1.807) is 22.7 Å². The molecular weight excluding hydrogens is 510 g/mol. The summed E-state index contributed by atoms with van der Waals surface area (Å²) in [7, 11) is 0. The smallest absolute Gasteiger partial charge is 0.252 e. The highest BCUT2D eigenvalue weighted by Gasteiger charge is 2.20. The molecule has 36 heavy (non-hydrogen) atoms. The number of nitrogens with zero attached hydrogens (tertiary/aromatic N) is 4. The molecule has 1 fully saturated rings. The second kappa shape index (κ2) is 10.9. The van der Waals surface area contributed by atoms with Gasteiger partial charge in [-0.3, -0.25) is 9.69 Å². The minimum absolute atomic E-state index is 0. The fourth-order valence-electron chi connectivity index (χ4n) is 4.49. The zero-order chi connectivity index (χ0) is 23.6. The summed E-state index contributed by atoms with van der Waals surface area (Å²) in [6.07, 6.45) is 0. The predicted molar refractivity (Wildman–Crippen MR) is 153 cm³/mol. The third kappa shape index (κ3) is 5.08. The van der Waals surface area contributed by atoms with Crippen molar-refractivity contribution in [1.82, 2.24) is 20.2 Å². The van der Waals surface area contributed by atoms with Crippen molar-refractivity contribution in [3.8, 4) is 10.6 Å². The van der Waals surface area contributed by atoms with E-state index in [0.29, 0.717) is 12.1 Å². The number of nitrogens with one attached hydrogen (secondary N) is 1. The molecule has 0 aliphatic carbocycles. The van der Waals surface area contributed by atoms with Crippen LogP contribution in [0.15, 0.2) is 72.1 Å². The Labute approximate surface area is 224 Å². The molecule has 1 N–H and O–H groups in total. The van der Waals surface area contributed by atoms with Crippen molar-refractivity contribution < 1.29 is 4.79 Å². The van der Waals surface area contributed by atoms with Gasteiger partial charge in [-0.25, -0.2) is 9.97 Å². The number of fused-ring (bicyclic) bond motifs is 2. The fraction of sp³-hybridized carbons (Fsp3) is 0.222. The van der Waals surface area contributed by atoms with Gasteiger partial charge < -0.3 is 10.2 Å². The van der Waals surface area contributed by atoms with E-state index in [1.807, 2.05) is 53.9 Å². The first-order chi connectivity index (χ1) is 17.2. The van der Waals surface area contributed by atoms with Crippen molar-refractivity contribution in [3.63, 3.8) is 0 Å². The van der Waals surface area contributed by atoms with Crippen LogP contribution < -0.4 is 10.2 Å². The largest absolute Gasteiger partial charge is 0.351 e. The summed E-state index contributed by atoms with van der Waals surface area (Å²) in [5.41, 5.74) is 3.44. The summed E-state index contributed by atoms with van der Waals surface area (Å²) in [6.45, 7) is 5.28. The summed E-state index contributed by atoms with van der Waals surface area (Å²) in [5.74, 6) is -0.0467. The third-order valence-electron chi connectivity index (χ3n) is 6.37. The molecule has 0 radical (unpaired) electrons. The van der Waals surface area contributed by atoms with Gasteiger partial charge >= 0.3 is 0 Å². The van der Waals surface area contributed by atoms with Crippen LogP contribution in [0, 0.1) is 0 Å². The lowest BCUT2D eigenvalue weighted by Gasteiger charge is -2.34. The highest BCUT2D eigenvalue weighted by atomic mass is 35.5. The number of amides is 1. The molecule has 3 aromatic heterocycles. The number of piperazine rings is 1. The normalized spacial score (nSPS) is 14.2. The number of pyridine rings is 1. The summed E-state index contributed by atoms with van der Waals surface area (Å²) < 4.78 is 1.23. The molecule has 9 heteroatoms. The Morgan fingerprint density at radius 1 is 0.917 bits per heavy atom. The van der Waals surface area contributed by atoms with Gasteiger partial charge in [0.05, 0.1) is 31.9 Å². The summed E-state index contributed by atoms with van der Waals surface area (Å²) in [6, 6.07) is 22.1. The van der Waals surface area contributed by atoms with Gasteiger partial charge in [0.15, 0.2) is 5.13 Å². The van der Waals surface area contributed by atoms with Crippen LogP contribution >= 0.6 is 35.1 Å². The average Bonchev–Trinajstić information content (AvgIpc) is 3.59. The van der Waals surface area contributed by atoms with Crippen LogP contribution in [0.3, 0.4) is 0 Å². The molecule has 0 saturated carbocycles. The summed E-state index contributed by atoms with van der Waals surface area (Å²) in [4.78, 5) is 28.6. The fourth-order valence-corrected chi connectivity index (χ4v) is 6.20. The number of thiophene rings is 1. The van der Waals surface area contributed by atoms with Crippen LogP contribution in [-0.2, 0) is 0 Å². The molecule has 184 valence electrons. The van der Waals surface area contributed by atoms with E-state index in [-0.39, 0.29) is 18.3 Å². The molecular formula is C27H26ClN5OS2. The van der Waals surface area contributed by atoms with Gasteiger partial charge in [-0.1, -0.05) is 47.7 Å². The molecule has 5 aromatic rings. The van der Waals surface area contributed by atoms with E-state index >= 15 is 0 Å². The highest BCUT2D eigenvalue weighted by Crippen LogP contribution is 2.29. The lowest BCUT2D eigenvalue weighted by molar-refractivity contribution is 0.0949. The van der Waals surface area contributed by atoms with Crippen molar-refractivity contribution >= 4 is 67.2 Å². The lowest BCUT2D eigenvalue weighted by Crippen LogP contribution is -2.48. The van der Waals surface area contributed by atoms with Crippen molar-refractivity contribution in [3.05, 3.63) is 77.7 Å². The van der Waals surface area contributed by atoms with Crippen LogP contribution in [0.25, 0.3) is 31.7 Å². The second-order valence-electron chi connectivity index (χ2n) is 8.60. The van der Waals surface area contributed by atoms with Crippen LogP contribution in [0.5, 0.6) is 0 Å². The van der Waals surface area contributed by atoms with Gasteiger partial charge in [0, 0.05) is 44.7 Å². The van der Waals surface area contributed by atoms with Gasteiger partial charge in [-0.2, -0.15) is 0 Å². The summed E-state index contributed by atoms with van der Waals surface area (Å²) >= 11 is 3.39. The number of para-hydroxylation sites is 2. The minimum Gasteiger partial charge on any atom is -0.351 e. The standard InChI is InChI=1S/C27H25N5OS2.ClH/c33-26(20-18-23(24-10-5-17-34-24)29-21-7-2-1-6-19(20)21)28-11-12-31-13-15-32(16-14-31)27-30-22-8-3-4-9-25(22)35-27;/h1-10,17-18H,11-16H2,(H,28,33);1H. The van der Waals surface area contributed by atoms with Gasteiger partial charge in [0.25, 0.3) is 5.91 Å². The first-order valence-corrected chi connectivity index (χ1v) is 13.5. The van der Waals surface area contributed by atoms with Crippen molar-refractivity contribution in [2.24, 2.45) is 0 Å². The molecule has 4 heterocycles. The topological polar surface area (TPSA) is 61.4 Å². The highest BCUT2D eigenvalue weighted by molar-refractivity contribution is 7.22. The third-order valence-corrected chi connectivity index (χ3v) is 8.36. The van der Waals surface area contributed by atoms with E-state index in [4.69, 9.17) is 9.97 Å². The molecule has 0 atom stereocenters. The Hall–Kier alpha value is -3.04. The molecule has 1 aliphatic rings. The number of hydrogen-bond acceptors (Lipinski definition) is 7. The van der Waals surface area contributed by atoms with Crippen molar-refractivity contribution in [1.29, 1.82) is 0 Å². The molecule has 0 spiro atoms. The number of thiazole rings is 1. The van der Waals surface area contributed by atoms with Crippen molar-refractivity contribution in [2.75, 3.05) is 44.2 Å². The Morgan fingerprint density at radius 3 is 2.47 bits per heavy atom. The first-order valence-electron chi connectivity index (χ1n) is 11.8. The molecule has 1 amide bonds. The second-order valence-corrected chi connectivity index (χ2v) is 10.6. The van der Waals surface area contributed by atoms with Gasteiger partial charge in [-0.05, 0) is 35.7 Å². The zero-order valence-electron chi connectivity index (χ0n) is 19.6. The monoisotopic (exact) mass is 535 g/mol. The van der Waals surface area contributed by atoms with E-state index in [9.17, 15) is 4.79 Å². The molecule has 1 saturated heterocycles. The molecule has 0 unspecified atom stereocenters. The van der Waals surface area contributed by atoms with E-state index in [2.05, 4.69) is 33.3 Å². The number of benzene rings is 2. The average molecular weight is 536 g/mol. The zero-order valence-corrected chi connectivity index (χ0v) is 22.0. The van der Waals surface area contributed by atoms with Crippen molar-refractivity contribution in [2.45, 2.75) is 0 Å². The van der Waals surface area contributed by atoms with Crippen LogP contribution in [-0.4, -0.2) is 60.0 Å². The molecule has 0 bridgehead atoms. The molecule has 2 aromatic carbocycles. The minimum atomic E-state index is -0.0467. The number of carbonyl (C=O) groups is 1. The Bertz CT molecular complexity index is 1450. The van der Waals surface area contributed by atoms with Gasteiger partial charge in [0.2, 0.25) is 0 Å². The van der Waals surface area contributed by atoms with Gasteiger partial charge in [0.1, 0.15) is 0 Å². The molecule has 1 aliphatic heterocycles. The number of carbonyl (C=O) groups excluding carboxylic acids is 1. The number of anilines is 1. The Kier molecular flexibility index (Phi) is 7.48. The van der Waals surface area contributed by atoms with E-state index in [1.165, 1.54) is 4.70 Å². The number of aromatic nitrogens is 2. The van der Waals surface area contributed by atoms with E-state index in [0.717, 1.165) is 64.8 Å². The van der Waals surface area contributed by atoms with Gasteiger partial charge in [-0.15, -0.1) is 23.7 Å². The quantitative estimate of drug-likeness (QED) is 0.309. The number of rotatable bonds is 6. The Balaban J connectivity index is 0.00000267. The van der Waals surface area contributed by atoms with Crippen LogP contribution in [0.4, 0.5) is 5.13 Å². The number of halogens is 1. The SMILES string of the molecule is Cl.O=C(NCCN1CCN(c2nc3ccccc3s2)CC1)c1cc(-c2cccs2)nc2ccccc12. The van der Waals surface area contributed by atoms with Crippen LogP contribution in [0.2, 0.25) is 0 Å². The first kappa shape index (κ1) is 24.6. The number of hydrogen-bond donors (Lipinski definition) is 1. The maximum atomic E-state index is 13.2. The lowest BCUT2D eigenvalue weighted by atomic mass is 10.1. The predicted octanol–water partition coefficient (Wildman–Crippen LogP) is 5.55. The maximum absolute atomic E-state index is 13.2. The van der Waals surface area contributed by atoms with E-state index < -0.39 is 0 Å². The molecule has 6 rings (SSSR count). The van der Waals surface area contributed by atoms with Crippen LogP contribution in [0.1, 0.15) is 10.4 Å². The Morgan fingerprint density at radius 2 is 1.69 bits per heavy atom.